The molecule has 0 spiro atoms. The number of rotatable bonds is 3. The zero-order chi connectivity index (χ0) is 14.0. The van der Waals surface area contributed by atoms with Gasteiger partial charge in [-0.1, -0.05) is 24.9 Å². The number of hydrogen-bond acceptors (Lipinski definition) is 2. The van der Waals surface area contributed by atoms with E-state index in [-0.39, 0.29) is 0 Å². The van der Waals surface area contributed by atoms with Crippen LogP contribution in [0.25, 0.3) is 11.4 Å². The van der Waals surface area contributed by atoms with Crippen molar-refractivity contribution in [3.8, 4) is 11.4 Å². The molecule has 2 nitrogen and oxygen atoms in total. The highest BCUT2D eigenvalue weighted by Crippen LogP contribution is 2.29. The fraction of sp³-hybridized carbons (Fsp3) is 0.231. The Morgan fingerprint density at radius 2 is 1.95 bits per heavy atom. The van der Waals surface area contributed by atoms with E-state index in [9.17, 15) is 0 Å². The van der Waals surface area contributed by atoms with Crippen LogP contribution in [0.15, 0.2) is 27.1 Å². The minimum Gasteiger partial charge on any atom is -0.232 e. The second kappa shape index (κ2) is 6.83. The Kier molecular flexibility index (Phi) is 5.63. The van der Waals surface area contributed by atoms with Gasteiger partial charge >= 0.3 is 0 Å². The molecule has 0 unspecified atom stereocenters. The molecule has 1 aromatic heterocycles. The second-order valence-corrected chi connectivity index (χ2v) is 7.12. The van der Waals surface area contributed by atoms with E-state index in [2.05, 4.69) is 71.3 Å². The highest BCUT2D eigenvalue weighted by molar-refractivity contribution is 14.1. The molecule has 0 bridgehead atoms. The van der Waals surface area contributed by atoms with Gasteiger partial charge in [0.1, 0.15) is 5.15 Å². The average Bonchev–Trinajstić information content (AvgIpc) is 2.38. The molecule has 0 radical (unpaired) electrons. The Bertz CT molecular complexity index is 620. The Morgan fingerprint density at radius 1 is 1.21 bits per heavy atom. The van der Waals surface area contributed by atoms with Gasteiger partial charge < -0.3 is 0 Å². The van der Waals surface area contributed by atoms with Crippen LogP contribution in [0.4, 0.5) is 0 Å². The summed E-state index contributed by atoms with van der Waals surface area (Å²) in [6.07, 6.45) is 1.94. The van der Waals surface area contributed by atoms with Crippen LogP contribution in [0.1, 0.15) is 19.0 Å². The molecule has 1 heterocycles. The van der Waals surface area contributed by atoms with E-state index >= 15 is 0 Å². The first-order valence-electron chi connectivity index (χ1n) is 5.70. The van der Waals surface area contributed by atoms with E-state index in [4.69, 9.17) is 11.6 Å². The lowest BCUT2D eigenvalue weighted by molar-refractivity contribution is 0.867. The van der Waals surface area contributed by atoms with Crippen LogP contribution in [0.2, 0.25) is 5.15 Å². The summed E-state index contributed by atoms with van der Waals surface area (Å²) in [4.78, 5) is 8.99. The molecule has 0 aliphatic rings. The van der Waals surface area contributed by atoms with E-state index in [1.807, 2.05) is 18.2 Å². The van der Waals surface area contributed by atoms with Crippen LogP contribution in [-0.4, -0.2) is 9.97 Å². The topological polar surface area (TPSA) is 25.8 Å². The normalized spacial score (nSPS) is 10.8. The number of aryl methyl sites for hydroxylation is 1. The third-order valence-electron chi connectivity index (χ3n) is 2.54. The molecule has 6 heteroatoms. The molecule has 100 valence electrons. The van der Waals surface area contributed by atoms with Crippen molar-refractivity contribution in [2.24, 2.45) is 0 Å². The Hall–Kier alpha value is 0.280. The summed E-state index contributed by atoms with van der Waals surface area (Å²) in [6, 6.07) is 5.93. The smallest absolute Gasteiger partial charge is 0.161 e. The molecule has 19 heavy (non-hydrogen) atoms. The van der Waals surface area contributed by atoms with E-state index < -0.39 is 0 Å². The highest BCUT2D eigenvalue weighted by atomic mass is 127. The van der Waals surface area contributed by atoms with E-state index in [1.165, 1.54) is 0 Å². The van der Waals surface area contributed by atoms with E-state index in [0.29, 0.717) is 11.0 Å². The summed E-state index contributed by atoms with van der Waals surface area (Å²) in [5, 5.41) is 0.521. The molecule has 2 aromatic rings. The van der Waals surface area contributed by atoms with Gasteiger partial charge in [0.2, 0.25) is 0 Å². The van der Waals surface area contributed by atoms with Gasteiger partial charge in [-0.15, -0.1) is 0 Å². The zero-order valence-corrected chi connectivity index (χ0v) is 16.1. The molecule has 0 atom stereocenters. The Labute approximate surface area is 147 Å². The lowest BCUT2D eigenvalue weighted by atomic mass is 10.2. The van der Waals surface area contributed by atoms with Gasteiger partial charge in [0.05, 0.1) is 9.26 Å². The van der Waals surface area contributed by atoms with Gasteiger partial charge in [-0.3, -0.25) is 0 Å². The first-order valence-corrected chi connectivity index (χ1v) is 8.74. The molecule has 0 N–H and O–H groups in total. The number of hydrogen-bond donors (Lipinski definition) is 0. The molecule has 1 aromatic carbocycles. The standard InChI is InChI=1S/C13H10Br2ClIN2/c1-2-3-10-11(17)12(16)19-13(18-10)7-4-5-8(14)9(15)6-7/h4-6H,2-3H2,1H3. The maximum absolute atomic E-state index is 6.20. The van der Waals surface area contributed by atoms with Gasteiger partial charge in [0.15, 0.2) is 5.82 Å². The second-order valence-electron chi connectivity index (χ2n) is 3.98. The largest absolute Gasteiger partial charge is 0.232 e. The summed E-state index contributed by atoms with van der Waals surface area (Å²) in [7, 11) is 0. The maximum Gasteiger partial charge on any atom is 0.161 e. The van der Waals surface area contributed by atoms with Crippen LogP contribution in [0.5, 0.6) is 0 Å². The minimum absolute atomic E-state index is 0.521. The average molecular weight is 516 g/mol. The third kappa shape index (κ3) is 3.68. The van der Waals surface area contributed by atoms with Gasteiger partial charge in [-0.05, 0) is 79.1 Å². The van der Waals surface area contributed by atoms with Crippen LogP contribution in [-0.2, 0) is 6.42 Å². The molecule has 0 fully saturated rings. The lowest BCUT2D eigenvalue weighted by Crippen LogP contribution is -2.00. The van der Waals surface area contributed by atoms with Crippen molar-refractivity contribution >= 4 is 66.1 Å². The van der Waals surface area contributed by atoms with Crippen molar-refractivity contribution in [1.82, 2.24) is 9.97 Å². The lowest BCUT2D eigenvalue weighted by Gasteiger charge is -2.08. The summed E-state index contributed by atoms with van der Waals surface area (Å²) in [5.74, 6) is 0.669. The van der Waals surface area contributed by atoms with E-state index in [1.54, 1.807) is 0 Å². The molecular formula is C13H10Br2ClIN2. The van der Waals surface area contributed by atoms with Crippen LogP contribution in [0.3, 0.4) is 0 Å². The van der Waals surface area contributed by atoms with Gasteiger partial charge in [0.25, 0.3) is 0 Å². The maximum atomic E-state index is 6.20. The fourth-order valence-corrected chi connectivity index (χ4v) is 2.96. The summed E-state index contributed by atoms with van der Waals surface area (Å²) < 4.78 is 2.92. The number of nitrogens with zero attached hydrogens (tertiary/aromatic N) is 2. The summed E-state index contributed by atoms with van der Waals surface area (Å²) >= 11 is 15.3. The van der Waals surface area contributed by atoms with Crippen molar-refractivity contribution in [2.45, 2.75) is 19.8 Å². The molecule has 0 amide bonds. The zero-order valence-electron chi connectivity index (χ0n) is 10.1. The van der Waals surface area contributed by atoms with Gasteiger partial charge in [-0.2, -0.15) is 0 Å². The minimum atomic E-state index is 0.521. The van der Waals surface area contributed by atoms with E-state index in [0.717, 1.165) is 36.6 Å². The first kappa shape index (κ1) is 15.7. The quantitative estimate of drug-likeness (QED) is 0.376. The highest BCUT2D eigenvalue weighted by Gasteiger charge is 2.12. The van der Waals surface area contributed by atoms with Crippen molar-refractivity contribution in [3.63, 3.8) is 0 Å². The van der Waals surface area contributed by atoms with Crippen LogP contribution < -0.4 is 0 Å². The molecule has 2 rings (SSSR count). The predicted molar refractivity (Wildman–Crippen MR) is 94.6 cm³/mol. The predicted octanol–water partition coefficient (Wildman–Crippen LogP) is 5.88. The van der Waals surface area contributed by atoms with Crippen molar-refractivity contribution in [3.05, 3.63) is 41.6 Å². The monoisotopic (exact) mass is 514 g/mol. The van der Waals surface area contributed by atoms with Gasteiger partial charge in [0, 0.05) is 14.5 Å². The fourth-order valence-electron chi connectivity index (χ4n) is 1.63. The van der Waals surface area contributed by atoms with Crippen LogP contribution in [0, 0.1) is 3.57 Å². The summed E-state index contributed by atoms with van der Waals surface area (Å²) in [6.45, 7) is 2.13. The van der Waals surface area contributed by atoms with Gasteiger partial charge in [-0.25, -0.2) is 9.97 Å². The van der Waals surface area contributed by atoms with Crippen molar-refractivity contribution in [2.75, 3.05) is 0 Å². The SMILES string of the molecule is CCCc1nc(-c2ccc(Br)c(Br)c2)nc(Cl)c1I. The van der Waals surface area contributed by atoms with Crippen molar-refractivity contribution in [1.29, 1.82) is 0 Å². The molecule has 0 aliphatic heterocycles. The Balaban J connectivity index is 2.52. The number of aromatic nitrogens is 2. The molecule has 0 aliphatic carbocycles. The molecular weight excluding hydrogens is 506 g/mol. The first-order chi connectivity index (χ1) is 9.02. The Morgan fingerprint density at radius 3 is 2.58 bits per heavy atom. The number of halogens is 4. The van der Waals surface area contributed by atoms with Crippen molar-refractivity contribution < 1.29 is 0 Å². The number of benzene rings is 1. The third-order valence-corrected chi connectivity index (χ3v) is 6.15. The molecule has 0 saturated heterocycles. The molecule has 0 saturated carbocycles. The summed E-state index contributed by atoms with van der Waals surface area (Å²) in [5.41, 5.74) is 1.96. The van der Waals surface area contributed by atoms with Crippen LogP contribution >= 0.6 is 66.1 Å².